The Balaban J connectivity index is 2.36. The van der Waals surface area contributed by atoms with Crippen LogP contribution >= 0.6 is 11.6 Å². The molecule has 0 amide bonds. The molecule has 0 aliphatic heterocycles. The zero-order valence-corrected chi connectivity index (χ0v) is 14.3. The van der Waals surface area contributed by atoms with Crippen LogP contribution < -0.4 is 5.32 Å². The number of halogens is 2. The molecule has 2 atom stereocenters. The first kappa shape index (κ1) is 18.5. The largest absolute Gasteiger partial charge is 0.481 e. The molecule has 1 aromatic carbocycles. The molecule has 0 saturated carbocycles. The van der Waals surface area contributed by atoms with Crippen molar-refractivity contribution < 1.29 is 22.7 Å². The van der Waals surface area contributed by atoms with Gasteiger partial charge in [0, 0.05) is 0 Å². The summed E-state index contributed by atoms with van der Waals surface area (Å²) >= 11 is 5.91. The zero-order chi connectivity index (χ0) is 17.9. The quantitative estimate of drug-likeness (QED) is 0.744. The average Bonchev–Trinajstić information content (AvgIpc) is 2.54. The molecule has 24 heavy (non-hydrogen) atoms. The van der Waals surface area contributed by atoms with Gasteiger partial charge in [-0.3, -0.25) is 4.79 Å². The summed E-state index contributed by atoms with van der Waals surface area (Å²) in [6.07, 6.45) is 3.98. The molecule has 5 nitrogen and oxygen atoms in total. The lowest BCUT2D eigenvalue weighted by Crippen LogP contribution is -2.34. The Hall–Kier alpha value is -1.86. The summed E-state index contributed by atoms with van der Waals surface area (Å²) in [7, 11) is -3.99. The van der Waals surface area contributed by atoms with E-state index in [0.717, 1.165) is 18.2 Å². The van der Waals surface area contributed by atoms with Crippen molar-refractivity contribution in [3.63, 3.8) is 0 Å². The van der Waals surface area contributed by atoms with Crippen LogP contribution in [0.25, 0.3) is 0 Å². The minimum absolute atomic E-state index is 0.0180. The summed E-state index contributed by atoms with van der Waals surface area (Å²) in [5, 5.41) is 10.7. The van der Waals surface area contributed by atoms with Gasteiger partial charge in [-0.05, 0) is 37.5 Å². The lowest BCUT2D eigenvalue weighted by Gasteiger charge is -2.25. The SMILES string of the molecule is C=CC(Nc1ccc(F)cc1Cl)S(=O)(=O)C1=CCCCC1C(=O)O. The van der Waals surface area contributed by atoms with Gasteiger partial charge in [0.15, 0.2) is 15.2 Å². The predicted octanol–water partition coefficient (Wildman–Crippen LogP) is 3.59. The minimum atomic E-state index is -3.99. The van der Waals surface area contributed by atoms with Crippen LogP contribution in [0.1, 0.15) is 19.3 Å². The second-order valence-electron chi connectivity index (χ2n) is 5.40. The number of rotatable bonds is 6. The zero-order valence-electron chi connectivity index (χ0n) is 12.7. The van der Waals surface area contributed by atoms with Crippen molar-refractivity contribution in [2.24, 2.45) is 5.92 Å². The lowest BCUT2D eigenvalue weighted by atomic mass is 9.96. The molecule has 130 valence electrons. The molecular formula is C16H17ClFNO4S. The van der Waals surface area contributed by atoms with E-state index in [1.807, 2.05) is 0 Å². The number of carboxylic acids is 1. The number of sulfone groups is 1. The van der Waals surface area contributed by atoms with E-state index in [-0.39, 0.29) is 22.0 Å². The number of carbonyl (C=O) groups is 1. The van der Waals surface area contributed by atoms with E-state index >= 15 is 0 Å². The normalized spacial score (nSPS) is 19.2. The molecular weight excluding hydrogens is 357 g/mol. The van der Waals surface area contributed by atoms with Crippen LogP contribution in [-0.2, 0) is 14.6 Å². The van der Waals surface area contributed by atoms with Crippen LogP contribution in [0.3, 0.4) is 0 Å². The predicted molar refractivity (Wildman–Crippen MR) is 91.0 cm³/mol. The van der Waals surface area contributed by atoms with Crippen molar-refractivity contribution in [3.8, 4) is 0 Å². The second-order valence-corrected chi connectivity index (χ2v) is 7.87. The van der Waals surface area contributed by atoms with Gasteiger partial charge in [0.25, 0.3) is 0 Å². The van der Waals surface area contributed by atoms with Crippen LogP contribution in [0.15, 0.2) is 41.8 Å². The summed E-state index contributed by atoms with van der Waals surface area (Å²) in [4.78, 5) is 11.2. The number of benzene rings is 1. The molecule has 0 heterocycles. The van der Waals surface area contributed by atoms with Gasteiger partial charge in [-0.1, -0.05) is 30.3 Å². The number of nitrogens with one attached hydrogen (secondary N) is 1. The van der Waals surface area contributed by atoms with E-state index in [2.05, 4.69) is 11.9 Å². The molecule has 2 unspecified atom stereocenters. The molecule has 2 rings (SSSR count). The fourth-order valence-electron chi connectivity index (χ4n) is 2.58. The third-order valence-electron chi connectivity index (χ3n) is 3.79. The highest BCUT2D eigenvalue weighted by molar-refractivity contribution is 7.96. The van der Waals surface area contributed by atoms with Gasteiger partial charge in [-0.15, -0.1) is 0 Å². The number of hydrogen-bond acceptors (Lipinski definition) is 4. The third-order valence-corrected chi connectivity index (χ3v) is 6.19. The Labute approximate surface area is 144 Å². The maximum absolute atomic E-state index is 13.1. The molecule has 1 aromatic rings. The molecule has 0 spiro atoms. The van der Waals surface area contributed by atoms with Crippen LogP contribution in [0.4, 0.5) is 10.1 Å². The number of allylic oxidation sites excluding steroid dienone is 1. The Bertz CT molecular complexity index is 791. The molecule has 1 aliphatic rings. The van der Waals surface area contributed by atoms with Crippen molar-refractivity contribution in [1.82, 2.24) is 0 Å². The number of anilines is 1. The van der Waals surface area contributed by atoms with Gasteiger partial charge in [-0.2, -0.15) is 0 Å². The summed E-state index contributed by atoms with van der Waals surface area (Å²) in [6.45, 7) is 3.50. The summed E-state index contributed by atoms with van der Waals surface area (Å²) in [6, 6.07) is 3.51. The van der Waals surface area contributed by atoms with Crippen molar-refractivity contribution in [2.75, 3.05) is 5.32 Å². The van der Waals surface area contributed by atoms with Crippen molar-refractivity contribution in [1.29, 1.82) is 0 Å². The van der Waals surface area contributed by atoms with Crippen LogP contribution in [0.2, 0.25) is 5.02 Å². The first-order valence-corrected chi connectivity index (χ1v) is 9.20. The molecule has 1 aliphatic carbocycles. The van der Waals surface area contributed by atoms with Gasteiger partial charge in [0.2, 0.25) is 0 Å². The van der Waals surface area contributed by atoms with Gasteiger partial charge in [-0.25, -0.2) is 12.8 Å². The third kappa shape index (κ3) is 3.79. The molecule has 0 aromatic heterocycles. The smallest absolute Gasteiger partial charge is 0.311 e. The van der Waals surface area contributed by atoms with Gasteiger partial charge < -0.3 is 10.4 Å². The first-order chi connectivity index (χ1) is 11.3. The molecule has 0 saturated heterocycles. The Morgan fingerprint density at radius 3 is 2.79 bits per heavy atom. The fourth-order valence-corrected chi connectivity index (χ4v) is 4.60. The maximum Gasteiger partial charge on any atom is 0.311 e. The van der Waals surface area contributed by atoms with E-state index in [4.69, 9.17) is 11.6 Å². The van der Waals surface area contributed by atoms with Crippen molar-refractivity contribution >= 4 is 33.1 Å². The lowest BCUT2D eigenvalue weighted by molar-refractivity contribution is -0.140. The van der Waals surface area contributed by atoms with Crippen LogP contribution in [0.5, 0.6) is 0 Å². The number of hydrogen-bond donors (Lipinski definition) is 2. The van der Waals surface area contributed by atoms with E-state index in [1.165, 1.54) is 12.1 Å². The molecule has 0 radical (unpaired) electrons. The van der Waals surface area contributed by atoms with Crippen molar-refractivity contribution in [3.05, 3.63) is 52.7 Å². The highest BCUT2D eigenvalue weighted by Gasteiger charge is 2.37. The monoisotopic (exact) mass is 373 g/mol. The topological polar surface area (TPSA) is 83.5 Å². The number of aliphatic carboxylic acids is 1. The van der Waals surface area contributed by atoms with Crippen LogP contribution in [-0.4, -0.2) is 24.9 Å². The van der Waals surface area contributed by atoms with Crippen molar-refractivity contribution in [2.45, 2.75) is 24.6 Å². The Kier molecular flexibility index (Phi) is 5.66. The maximum atomic E-state index is 13.1. The van der Waals surface area contributed by atoms with E-state index in [1.54, 1.807) is 0 Å². The van der Waals surface area contributed by atoms with Crippen LogP contribution in [0, 0.1) is 11.7 Å². The first-order valence-electron chi connectivity index (χ1n) is 7.28. The highest BCUT2D eigenvalue weighted by Crippen LogP contribution is 2.33. The van der Waals surface area contributed by atoms with Gasteiger partial charge >= 0.3 is 5.97 Å². The van der Waals surface area contributed by atoms with E-state index in [0.29, 0.717) is 12.8 Å². The minimum Gasteiger partial charge on any atom is -0.481 e. The molecule has 0 bridgehead atoms. The van der Waals surface area contributed by atoms with Gasteiger partial charge in [0.05, 0.1) is 21.5 Å². The fraction of sp³-hybridized carbons (Fsp3) is 0.312. The van der Waals surface area contributed by atoms with E-state index in [9.17, 15) is 22.7 Å². The molecule has 8 heteroatoms. The second kappa shape index (κ2) is 7.36. The number of carboxylic acid groups (broad SMARTS) is 1. The standard InChI is InChI=1S/C16H17ClFNO4S/c1-2-15(19-13-8-7-10(18)9-12(13)17)24(22,23)14-6-4-3-5-11(14)16(20)21/h2,6-9,11,15,19H,1,3-5H2,(H,20,21). The highest BCUT2D eigenvalue weighted by atomic mass is 35.5. The summed E-state index contributed by atoms with van der Waals surface area (Å²) < 4.78 is 38.8. The van der Waals surface area contributed by atoms with Gasteiger partial charge in [0.1, 0.15) is 5.82 Å². The Morgan fingerprint density at radius 2 is 2.21 bits per heavy atom. The molecule has 0 fully saturated rings. The summed E-state index contributed by atoms with van der Waals surface area (Å²) in [5.41, 5.74) is 0.217. The average molecular weight is 374 g/mol. The summed E-state index contributed by atoms with van der Waals surface area (Å²) in [5.74, 6) is -2.80. The molecule has 2 N–H and O–H groups in total. The Morgan fingerprint density at radius 1 is 1.50 bits per heavy atom. The van der Waals surface area contributed by atoms with E-state index < -0.39 is 32.9 Å².